The van der Waals surface area contributed by atoms with Crippen LogP contribution in [-0.2, 0) is 6.42 Å². The first-order valence-electron chi connectivity index (χ1n) is 6.91. The lowest BCUT2D eigenvalue weighted by molar-refractivity contribution is 0.145. The molecule has 0 bridgehead atoms. The highest BCUT2D eigenvalue weighted by Gasteiger charge is 2.42. The second-order valence-electron chi connectivity index (χ2n) is 5.75. The number of allylic oxidation sites excluding steroid dienone is 1. The molecule has 0 spiro atoms. The number of hydrogen-bond donors (Lipinski definition) is 1. The van der Waals surface area contributed by atoms with Crippen LogP contribution in [0.3, 0.4) is 0 Å². The van der Waals surface area contributed by atoms with Crippen molar-refractivity contribution in [1.82, 2.24) is 5.32 Å². The van der Waals surface area contributed by atoms with Gasteiger partial charge in [-0.15, -0.1) is 0 Å². The predicted molar refractivity (Wildman–Crippen MR) is 66.7 cm³/mol. The Kier molecular flexibility index (Phi) is 2.19. The van der Waals surface area contributed by atoms with Crippen LogP contribution < -0.4 is 5.32 Å². The molecule has 4 unspecified atom stereocenters. The Morgan fingerprint density at radius 3 is 3.29 bits per heavy atom. The molecule has 3 aliphatic rings. The van der Waals surface area contributed by atoms with Gasteiger partial charge in [-0.3, -0.25) is 0 Å². The van der Waals surface area contributed by atoms with E-state index >= 15 is 0 Å². The van der Waals surface area contributed by atoms with E-state index in [2.05, 4.69) is 23.5 Å². The van der Waals surface area contributed by atoms with Gasteiger partial charge in [0.15, 0.2) is 0 Å². The number of hydrogen-bond acceptors (Lipinski definition) is 2. The Labute approximate surface area is 102 Å². The molecule has 0 radical (unpaired) electrons. The minimum atomic E-state index is 0.539. The van der Waals surface area contributed by atoms with Crippen LogP contribution in [0.1, 0.15) is 43.0 Å². The van der Waals surface area contributed by atoms with Gasteiger partial charge in [0.05, 0.1) is 6.26 Å². The zero-order valence-corrected chi connectivity index (χ0v) is 10.1. The highest BCUT2D eigenvalue weighted by Crippen LogP contribution is 2.44. The summed E-state index contributed by atoms with van der Waals surface area (Å²) in [5.41, 5.74) is 1.42. The first-order valence-corrected chi connectivity index (χ1v) is 6.91. The van der Waals surface area contributed by atoms with Gasteiger partial charge in [-0.25, -0.2) is 0 Å². The topological polar surface area (TPSA) is 25.2 Å². The minimum Gasteiger partial charge on any atom is -0.469 e. The monoisotopic (exact) mass is 229 g/mol. The van der Waals surface area contributed by atoms with E-state index in [1.54, 1.807) is 0 Å². The van der Waals surface area contributed by atoms with Crippen LogP contribution >= 0.6 is 0 Å². The molecular weight excluding hydrogens is 210 g/mol. The molecule has 90 valence electrons. The van der Waals surface area contributed by atoms with Crippen molar-refractivity contribution < 1.29 is 4.42 Å². The normalized spacial score (nSPS) is 38.6. The molecule has 1 heterocycles. The van der Waals surface area contributed by atoms with E-state index in [4.69, 9.17) is 4.42 Å². The molecule has 3 aliphatic carbocycles. The van der Waals surface area contributed by atoms with E-state index in [0.29, 0.717) is 12.1 Å². The molecule has 1 fully saturated rings. The van der Waals surface area contributed by atoms with Crippen molar-refractivity contribution in [2.75, 3.05) is 0 Å². The smallest absolute Gasteiger partial charge is 0.108 e. The Morgan fingerprint density at radius 2 is 2.35 bits per heavy atom. The van der Waals surface area contributed by atoms with Gasteiger partial charge in [0.25, 0.3) is 0 Å². The number of nitrogens with one attached hydrogen (secondary N) is 1. The molecule has 2 heteroatoms. The van der Waals surface area contributed by atoms with Crippen molar-refractivity contribution in [1.29, 1.82) is 0 Å². The Hall–Kier alpha value is -1.02. The summed E-state index contributed by atoms with van der Waals surface area (Å²) in [4.78, 5) is 0. The molecule has 1 saturated carbocycles. The van der Waals surface area contributed by atoms with Gasteiger partial charge in [-0.05, 0) is 43.6 Å². The first-order chi connectivity index (χ1) is 8.42. The summed E-state index contributed by atoms with van der Waals surface area (Å²) >= 11 is 0. The van der Waals surface area contributed by atoms with Gasteiger partial charge in [0, 0.05) is 24.1 Å². The number of rotatable bonds is 2. The SMILES string of the molecule is C1=CC2C(C1)CC2NC1CCCc2occc21. The fraction of sp³-hybridized carbons (Fsp3) is 0.600. The largest absolute Gasteiger partial charge is 0.469 e. The summed E-state index contributed by atoms with van der Waals surface area (Å²) < 4.78 is 5.55. The lowest BCUT2D eigenvalue weighted by atomic mass is 9.70. The van der Waals surface area contributed by atoms with Crippen LogP contribution in [0.15, 0.2) is 28.9 Å². The van der Waals surface area contributed by atoms with E-state index in [1.165, 1.54) is 37.0 Å². The summed E-state index contributed by atoms with van der Waals surface area (Å²) in [6, 6.07) is 3.41. The highest BCUT2D eigenvalue weighted by atomic mass is 16.3. The van der Waals surface area contributed by atoms with Crippen LogP contribution in [0.4, 0.5) is 0 Å². The van der Waals surface area contributed by atoms with Gasteiger partial charge in [0.2, 0.25) is 0 Å². The van der Waals surface area contributed by atoms with Gasteiger partial charge in [-0.2, -0.15) is 0 Å². The highest BCUT2D eigenvalue weighted by molar-refractivity contribution is 5.25. The zero-order chi connectivity index (χ0) is 11.2. The Morgan fingerprint density at radius 1 is 1.35 bits per heavy atom. The average molecular weight is 229 g/mol. The van der Waals surface area contributed by atoms with Crippen molar-refractivity contribution in [2.45, 2.75) is 44.2 Å². The van der Waals surface area contributed by atoms with Crippen molar-refractivity contribution in [3.8, 4) is 0 Å². The third-order valence-electron chi connectivity index (χ3n) is 4.83. The lowest BCUT2D eigenvalue weighted by Crippen LogP contribution is -2.49. The maximum Gasteiger partial charge on any atom is 0.108 e. The summed E-state index contributed by atoms with van der Waals surface area (Å²) in [7, 11) is 0. The van der Waals surface area contributed by atoms with Gasteiger partial charge < -0.3 is 9.73 Å². The van der Waals surface area contributed by atoms with Crippen LogP contribution in [0.5, 0.6) is 0 Å². The van der Waals surface area contributed by atoms with Crippen molar-refractivity contribution >= 4 is 0 Å². The first kappa shape index (κ1) is 9.95. The lowest BCUT2D eigenvalue weighted by Gasteiger charge is -2.43. The van der Waals surface area contributed by atoms with Crippen LogP contribution in [0.2, 0.25) is 0 Å². The fourth-order valence-corrected chi connectivity index (χ4v) is 3.83. The molecule has 0 saturated heterocycles. The molecular formula is C15H19NO. The standard InChI is InChI=1S/C15H19NO/c1-3-10-9-14(11(10)4-1)16-13-5-2-6-15-12(13)7-8-17-15/h1,4,7-8,10-11,13-14,16H,2-3,5-6,9H2. The molecule has 0 aliphatic heterocycles. The van der Waals surface area contributed by atoms with Gasteiger partial charge in [0.1, 0.15) is 5.76 Å². The summed E-state index contributed by atoms with van der Waals surface area (Å²) in [6.45, 7) is 0. The molecule has 4 atom stereocenters. The number of fused-ring (bicyclic) bond motifs is 2. The number of aryl methyl sites for hydroxylation is 1. The van der Waals surface area contributed by atoms with Gasteiger partial charge in [-0.1, -0.05) is 12.2 Å². The van der Waals surface area contributed by atoms with Crippen molar-refractivity contribution in [3.63, 3.8) is 0 Å². The zero-order valence-electron chi connectivity index (χ0n) is 10.1. The van der Waals surface area contributed by atoms with Crippen LogP contribution in [-0.4, -0.2) is 6.04 Å². The average Bonchev–Trinajstić information content (AvgIpc) is 2.92. The molecule has 1 aromatic heterocycles. The van der Waals surface area contributed by atoms with E-state index in [1.807, 2.05) is 6.26 Å². The van der Waals surface area contributed by atoms with E-state index < -0.39 is 0 Å². The maximum absolute atomic E-state index is 5.55. The second-order valence-corrected chi connectivity index (χ2v) is 5.75. The Balaban J connectivity index is 1.49. The number of furan rings is 1. The fourth-order valence-electron chi connectivity index (χ4n) is 3.83. The van der Waals surface area contributed by atoms with E-state index in [-0.39, 0.29) is 0 Å². The van der Waals surface area contributed by atoms with Gasteiger partial charge >= 0.3 is 0 Å². The summed E-state index contributed by atoms with van der Waals surface area (Å²) in [6.07, 6.45) is 13.0. The summed E-state index contributed by atoms with van der Waals surface area (Å²) in [5.74, 6) is 2.97. The molecule has 17 heavy (non-hydrogen) atoms. The molecule has 0 amide bonds. The molecule has 0 aromatic carbocycles. The van der Waals surface area contributed by atoms with Crippen LogP contribution in [0.25, 0.3) is 0 Å². The maximum atomic E-state index is 5.55. The Bertz CT molecular complexity index is 448. The van der Waals surface area contributed by atoms with Crippen molar-refractivity contribution in [3.05, 3.63) is 35.8 Å². The minimum absolute atomic E-state index is 0.539. The molecule has 1 aromatic rings. The predicted octanol–water partition coefficient (Wildman–Crippen LogP) is 3.21. The van der Waals surface area contributed by atoms with Crippen LogP contribution in [0, 0.1) is 11.8 Å². The molecule has 2 nitrogen and oxygen atoms in total. The molecule has 4 rings (SSSR count). The second kappa shape index (κ2) is 3.74. The molecule has 1 N–H and O–H groups in total. The third-order valence-corrected chi connectivity index (χ3v) is 4.83. The third kappa shape index (κ3) is 1.50. The van der Waals surface area contributed by atoms with Crippen molar-refractivity contribution in [2.24, 2.45) is 11.8 Å². The van der Waals surface area contributed by atoms with E-state index in [0.717, 1.165) is 18.3 Å². The quantitative estimate of drug-likeness (QED) is 0.788. The van der Waals surface area contributed by atoms with E-state index in [9.17, 15) is 0 Å². The summed E-state index contributed by atoms with van der Waals surface area (Å²) in [5, 5.41) is 3.86.